The average molecular weight is 431 g/mol. The lowest BCUT2D eigenvalue weighted by Crippen LogP contribution is -2.46. The zero-order chi connectivity index (χ0) is 19.5. The van der Waals surface area contributed by atoms with Gasteiger partial charge in [-0.1, -0.05) is 35.3 Å². The van der Waals surface area contributed by atoms with Gasteiger partial charge in [-0.25, -0.2) is 4.98 Å². The highest BCUT2D eigenvalue weighted by Crippen LogP contribution is 2.28. The Morgan fingerprint density at radius 3 is 2.25 bits per heavy atom. The number of anilines is 2. The Balaban J connectivity index is 1.46. The SMILES string of the molecule is CSc1ccc(-c2cncc(N3CCN(c4ccc(Cl)c(Cl)c4)CC3)n2)cc1. The average Bonchev–Trinajstić information content (AvgIpc) is 2.76. The van der Waals surface area contributed by atoms with Gasteiger partial charge in [-0.2, -0.15) is 0 Å². The summed E-state index contributed by atoms with van der Waals surface area (Å²) in [6.07, 6.45) is 5.74. The second-order valence-electron chi connectivity index (χ2n) is 6.56. The Kier molecular flexibility index (Phi) is 5.95. The number of piperazine rings is 1. The Bertz CT molecular complexity index is 957. The van der Waals surface area contributed by atoms with Crippen molar-refractivity contribution in [3.05, 3.63) is 64.9 Å². The van der Waals surface area contributed by atoms with E-state index in [1.165, 1.54) is 4.90 Å². The van der Waals surface area contributed by atoms with Gasteiger partial charge in [0.2, 0.25) is 0 Å². The Morgan fingerprint density at radius 1 is 0.857 bits per heavy atom. The molecule has 3 aromatic rings. The third-order valence-electron chi connectivity index (χ3n) is 4.88. The monoisotopic (exact) mass is 430 g/mol. The molecule has 7 heteroatoms. The van der Waals surface area contributed by atoms with Crippen molar-refractivity contribution in [1.29, 1.82) is 0 Å². The molecule has 0 unspecified atom stereocenters. The first-order valence-electron chi connectivity index (χ1n) is 9.05. The Labute approximate surface area is 179 Å². The second kappa shape index (κ2) is 8.60. The van der Waals surface area contributed by atoms with Crippen molar-refractivity contribution in [3.63, 3.8) is 0 Å². The zero-order valence-electron chi connectivity index (χ0n) is 15.5. The first-order valence-corrected chi connectivity index (χ1v) is 11.0. The van der Waals surface area contributed by atoms with Gasteiger partial charge in [-0.3, -0.25) is 4.98 Å². The van der Waals surface area contributed by atoms with Crippen LogP contribution in [-0.2, 0) is 0 Å². The predicted molar refractivity (Wildman–Crippen MR) is 120 cm³/mol. The van der Waals surface area contributed by atoms with Crippen molar-refractivity contribution in [3.8, 4) is 11.3 Å². The van der Waals surface area contributed by atoms with Gasteiger partial charge >= 0.3 is 0 Å². The van der Waals surface area contributed by atoms with Crippen molar-refractivity contribution in [2.24, 2.45) is 0 Å². The third kappa shape index (κ3) is 4.22. The second-order valence-corrected chi connectivity index (χ2v) is 8.26. The van der Waals surface area contributed by atoms with E-state index in [1.807, 2.05) is 30.6 Å². The van der Waals surface area contributed by atoms with E-state index in [0.29, 0.717) is 10.0 Å². The molecule has 0 atom stereocenters. The molecular weight excluding hydrogens is 411 g/mol. The van der Waals surface area contributed by atoms with Crippen LogP contribution in [0.5, 0.6) is 0 Å². The van der Waals surface area contributed by atoms with Gasteiger partial charge in [0.1, 0.15) is 5.82 Å². The molecule has 0 aliphatic carbocycles. The van der Waals surface area contributed by atoms with E-state index in [9.17, 15) is 0 Å². The number of hydrogen-bond acceptors (Lipinski definition) is 5. The van der Waals surface area contributed by atoms with Gasteiger partial charge in [0, 0.05) is 42.3 Å². The maximum absolute atomic E-state index is 6.16. The standard InChI is InChI=1S/C21H20Cl2N4S/c1-28-17-5-2-15(3-6-17)20-13-24-14-21(25-20)27-10-8-26(9-11-27)16-4-7-18(22)19(23)12-16/h2-7,12-14H,8-11H2,1H3. The number of rotatable bonds is 4. The first kappa shape index (κ1) is 19.4. The molecule has 1 aromatic heterocycles. The van der Waals surface area contributed by atoms with E-state index < -0.39 is 0 Å². The highest BCUT2D eigenvalue weighted by atomic mass is 35.5. The summed E-state index contributed by atoms with van der Waals surface area (Å²) in [5, 5.41) is 1.18. The van der Waals surface area contributed by atoms with Gasteiger partial charge in [0.25, 0.3) is 0 Å². The van der Waals surface area contributed by atoms with Gasteiger partial charge in [0.05, 0.1) is 28.1 Å². The quantitative estimate of drug-likeness (QED) is 0.510. The van der Waals surface area contributed by atoms with Crippen molar-refractivity contribution in [1.82, 2.24) is 9.97 Å². The van der Waals surface area contributed by atoms with Crippen LogP contribution in [-0.4, -0.2) is 42.4 Å². The van der Waals surface area contributed by atoms with E-state index in [0.717, 1.165) is 48.9 Å². The minimum absolute atomic E-state index is 0.585. The van der Waals surface area contributed by atoms with Crippen LogP contribution >= 0.6 is 35.0 Å². The largest absolute Gasteiger partial charge is 0.368 e. The number of thioether (sulfide) groups is 1. The molecule has 2 aromatic carbocycles. The molecule has 0 N–H and O–H groups in total. The third-order valence-corrected chi connectivity index (χ3v) is 6.36. The fourth-order valence-electron chi connectivity index (χ4n) is 3.28. The lowest BCUT2D eigenvalue weighted by atomic mass is 10.1. The van der Waals surface area contributed by atoms with Crippen LogP contribution in [0.3, 0.4) is 0 Å². The number of halogens is 2. The molecule has 4 nitrogen and oxygen atoms in total. The molecular formula is C21H20Cl2N4S. The Hall–Kier alpha value is -1.95. The zero-order valence-corrected chi connectivity index (χ0v) is 17.8. The molecule has 0 saturated carbocycles. The predicted octanol–water partition coefficient (Wildman–Crippen LogP) is 5.50. The fourth-order valence-corrected chi connectivity index (χ4v) is 3.98. The summed E-state index contributed by atoms with van der Waals surface area (Å²) >= 11 is 13.9. The lowest BCUT2D eigenvalue weighted by molar-refractivity contribution is 0.646. The first-order chi connectivity index (χ1) is 13.6. The highest BCUT2D eigenvalue weighted by molar-refractivity contribution is 7.98. The van der Waals surface area contributed by atoms with Crippen molar-refractivity contribution in [2.45, 2.75) is 4.90 Å². The van der Waals surface area contributed by atoms with Crippen molar-refractivity contribution in [2.75, 3.05) is 42.2 Å². The summed E-state index contributed by atoms with van der Waals surface area (Å²) in [6, 6.07) is 14.2. The lowest BCUT2D eigenvalue weighted by Gasteiger charge is -2.36. The molecule has 144 valence electrons. The molecule has 1 aliphatic rings. The van der Waals surface area contributed by atoms with Crippen LogP contribution in [0.15, 0.2) is 59.8 Å². The number of aromatic nitrogens is 2. The maximum Gasteiger partial charge on any atom is 0.147 e. The summed E-state index contributed by atoms with van der Waals surface area (Å²) < 4.78 is 0. The van der Waals surface area contributed by atoms with Gasteiger partial charge in [-0.15, -0.1) is 11.8 Å². The summed E-state index contributed by atoms with van der Waals surface area (Å²) in [4.78, 5) is 15.1. The van der Waals surface area contributed by atoms with E-state index in [2.05, 4.69) is 45.3 Å². The molecule has 0 amide bonds. The summed E-state index contributed by atoms with van der Waals surface area (Å²) in [5.41, 5.74) is 3.08. The van der Waals surface area contributed by atoms with E-state index in [-0.39, 0.29) is 0 Å². The molecule has 0 spiro atoms. The molecule has 1 aliphatic heterocycles. The van der Waals surface area contributed by atoms with Crippen LogP contribution in [0.25, 0.3) is 11.3 Å². The van der Waals surface area contributed by atoms with Crippen molar-refractivity contribution >= 4 is 46.5 Å². The molecule has 4 rings (SSSR count). The summed E-state index contributed by atoms with van der Waals surface area (Å²) in [6.45, 7) is 3.55. The fraction of sp³-hybridized carbons (Fsp3) is 0.238. The molecule has 1 saturated heterocycles. The van der Waals surface area contributed by atoms with Crippen LogP contribution in [0, 0.1) is 0 Å². The number of nitrogens with zero attached hydrogens (tertiary/aromatic N) is 4. The van der Waals surface area contributed by atoms with E-state index >= 15 is 0 Å². The maximum atomic E-state index is 6.16. The molecule has 0 bridgehead atoms. The van der Waals surface area contributed by atoms with Crippen LogP contribution in [0.4, 0.5) is 11.5 Å². The minimum Gasteiger partial charge on any atom is -0.368 e. The van der Waals surface area contributed by atoms with Crippen LogP contribution < -0.4 is 9.80 Å². The van der Waals surface area contributed by atoms with E-state index in [4.69, 9.17) is 28.2 Å². The normalized spacial score (nSPS) is 14.4. The van der Waals surface area contributed by atoms with Gasteiger partial charge < -0.3 is 9.80 Å². The summed E-state index contributed by atoms with van der Waals surface area (Å²) in [7, 11) is 0. The smallest absolute Gasteiger partial charge is 0.147 e. The van der Waals surface area contributed by atoms with Gasteiger partial charge in [-0.05, 0) is 36.6 Å². The highest BCUT2D eigenvalue weighted by Gasteiger charge is 2.19. The number of hydrogen-bond donors (Lipinski definition) is 0. The Morgan fingerprint density at radius 2 is 1.57 bits per heavy atom. The molecule has 2 heterocycles. The summed E-state index contributed by atoms with van der Waals surface area (Å²) in [5.74, 6) is 0.917. The molecule has 0 radical (unpaired) electrons. The minimum atomic E-state index is 0.585. The van der Waals surface area contributed by atoms with Gasteiger partial charge in [0.15, 0.2) is 0 Å². The van der Waals surface area contributed by atoms with E-state index in [1.54, 1.807) is 11.8 Å². The van der Waals surface area contributed by atoms with Crippen molar-refractivity contribution < 1.29 is 0 Å². The van der Waals surface area contributed by atoms with Crippen LogP contribution in [0.1, 0.15) is 0 Å². The molecule has 28 heavy (non-hydrogen) atoms. The topological polar surface area (TPSA) is 32.3 Å². The molecule has 1 fully saturated rings. The number of benzene rings is 2. The van der Waals surface area contributed by atoms with Crippen LogP contribution in [0.2, 0.25) is 10.0 Å².